The molecule has 0 radical (unpaired) electrons. The van der Waals surface area contributed by atoms with Crippen LogP contribution in [0.2, 0.25) is 0 Å². The minimum absolute atomic E-state index is 0.0946. The Morgan fingerprint density at radius 2 is 1.93 bits per heavy atom. The molecule has 1 N–H and O–H groups in total. The van der Waals surface area contributed by atoms with Gasteiger partial charge in [0.2, 0.25) is 10.0 Å². The number of hydrogen-bond donors (Lipinski definition) is 1. The number of hydrogen-bond acceptors (Lipinski definition) is 3. The van der Waals surface area contributed by atoms with Gasteiger partial charge in [0.25, 0.3) is 0 Å². The second-order valence-electron chi connectivity index (χ2n) is 3.99. The summed E-state index contributed by atoms with van der Waals surface area (Å²) in [6.45, 7) is 0.517. The van der Waals surface area contributed by atoms with E-state index in [1.807, 2.05) is 0 Å². The Bertz CT molecular complexity index is 286. The minimum Gasteiger partial charge on any atom is -0.213 e. The summed E-state index contributed by atoms with van der Waals surface area (Å²) in [5.74, 6) is 0. The molecule has 1 aliphatic carbocycles. The van der Waals surface area contributed by atoms with Gasteiger partial charge in [0.15, 0.2) is 0 Å². The van der Waals surface area contributed by atoms with Crippen molar-refractivity contribution in [3.8, 4) is 0 Å². The molecule has 1 rings (SSSR count). The Hall–Kier alpha value is 0.550. The predicted molar refractivity (Wildman–Crippen MR) is 67.0 cm³/mol. The molecule has 0 unspecified atom stereocenters. The first-order chi connectivity index (χ1) is 7.04. The monoisotopic (exact) mass is 271 g/mol. The normalized spacial score (nSPS) is 21.5. The summed E-state index contributed by atoms with van der Waals surface area (Å²) in [6, 6.07) is 0. The van der Waals surface area contributed by atoms with Crippen molar-refractivity contribution in [2.75, 3.05) is 18.0 Å². The molecule has 0 amide bonds. The van der Waals surface area contributed by atoms with Gasteiger partial charge in [-0.05, 0) is 19.1 Å². The average molecular weight is 272 g/mol. The van der Waals surface area contributed by atoms with E-state index in [0.29, 0.717) is 6.54 Å². The van der Waals surface area contributed by atoms with E-state index >= 15 is 0 Å². The van der Waals surface area contributed by atoms with E-state index < -0.39 is 10.0 Å². The molecule has 0 aromatic carbocycles. The van der Waals surface area contributed by atoms with Crippen LogP contribution in [0.25, 0.3) is 0 Å². The molecule has 1 aliphatic rings. The van der Waals surface area contributed by atoms with Gasteiger partial charge in [0.1, 0.15) is 5.21 Å². The third kappa shape index (κ3) is 4.13. The highest BCUT2D eigenvalue weighted by molar-refractivity contribution is 8.00. The van der Waals surface area contributed by atoms with Crippen molar-refractivity contribution in [2.45, 2.75) is 36.9 Å². The van der Waals surface area contributed by atoms with Crippen LogP contribution >= 0.6 is 23.4 Å². The van der Waals surface area contributed by atoms with Crippen LogP contribution in [-0.2, 0) is 10.0 Å². The van der Waals surface area contributed by atoms with Gasteiger partial charge in [-0.2, -0.15) is 11.8 Å². The minimum atomic E-state index is -3.26. The molecule has 6 heteroatoms. The molecule has 0 atom stereocenters. The van der Waals surface area contributed by atoms with Gasteiger partial charge in [0.05, 0.1) is 0 Å². The fraction of sp³-hybridized carbons (Fsp3) is 1.00. The lowest BCUT2D eigenvalue weighted by Gasteiger charge is -2.35. The van der Waals surface area contributed by atoms with Crippen molar-refractivity contribution in [3.05, 3.63) is 0 Å². The summed E-state index contributed by atoms with van der Waals surface area (Å²) in [7, 11) is -3.26. The molecule has 3 nitrogen and oxygen atoms in total. The highest BCUT2D eigenvalue weighted by atomic mass is 35.5. The highest BCUT2D eigenvalue weighted by Crippen LogP contribution is 2.38. The van der Waals surface area contributed by atoms with Crippen LogP contribution in [0.15, 0.2) is 0 Å². The molecule has 1 fully saturated rings. The molecule has 0 spiro atoms. The topological polar surface area (TPSA) is 46.2 Å². The zero-order chi connectivity index (χ0) is 11.4. The van der Waals surface area contributed by atoms with E-state index in [2.05, 4.69) is 11.0 Å². The molecule has 0 heterocycles. The fourth-order valence-corrected chi connectivity index (χ4v) is 3.74. The summed E-state index contributed by atoms with van der Waals surface area (Å²) in [4.78, 5) is 0. The Labute approximate surface area is 101 Å². The second kappa shape index (κ2) is 5.75. The van der Waals surface area contributed by atoms with Crippen LogP contribution < -0.4 is 4.72 Å². The summed E-state index contributed by atoms with van der Waals surface area (Å²) in [5, 5.41) is -0.350. The molecule has 0 saturated heterocycles. The molecule has 15 heavy (non-hydrogen) atoms. The summed E-state index contributed by atoms with van der Waals surface area (Å²) in [5.41, 5.74) is 0. The standard InChI is InChI=1S/C9H18ClNO2S2/c1-14-9(5-3-2-4-6-9)7-11-15(12,13)8-10/h11H,2-8H2,1H3. The van der Waals surface area contributed by atoms with Gasteiger partial charge in [-0.3, -0.25) is 0 Å². The molecule has 0 aromatic rings. The first kappa shape index (κ1) is 13.6. The maximum Gasteiger partial charge on any atom is 0.225 e. The van der Waals surface area contributed by atoms with Crippen LogP contribution in [0, 0.1) is 0 Å². The van der Waals surface area contributed by atoms with Crippen LogP contribution in [0.4, 0.5) is 0 Å². The van der Waals surface area contributed by atoms with Gasteiger partial charge in [-0.25, -0.2) is 13.1 Å². The molecular formula is C9H18ClNO2S2. The van der Waals surface area contributed by atoms with Gasteiger partial charge in [0, 0.05) is 11.3 Å². The Morgan fingerprint density at radius 3 is 2.40 bits per heavy atom. The van der Waals surface area contributed by atoms with Crippen LogP contribution in [0.5, 0.6) is 0 Å². The third-order valence-electron chi connectivity index (χ3n) is 2.96. The lowest BCUT2D eigenvalue weighted by atomic mass is 9.88. The molecule has 0 bridgehead atoms. The van der Waals surface area contributed by atoms with E-state index in [1.165, 1.54) is 19.3 Å². The zero-order valence-corrected chi connectivity index (χ0v) is 11.3. The van der Waals surface area contributed by atoms with Gasteiger partial charge >= 0.3 is 0 Å². The number of alkyl halides is 1. The predicted octanol–water partition coefficient (Wildman–Crippen LogP) is 2.17. The maximum atomic E-state index is 11.2. The second-order valence-corrected chi connectivity index (χ2v) is 7.66. The van der Waals surface area contributed by atoms with Crippen LogP contribution in [-0.4, -0.2) is 31.2 Å². The summed E-state index contributed by atoms with van der Waals surface area (Å²) in [6.07, 6.45) is 7.91. The van der Waals surface area contributed by atoms with E-state index in [9.17, 15) is 8.42 Å². The maximum absolute atomic E-state index is 11.2. The van der Waals surface area contributed by atoms with Gasteiger partial charge in [-0.15, -0.1) is 11.6 Å². The molecule has 1 saturated carbocycles. The van der Waals surface area contributed by atoms with Gasteiger partial charge < -0.3 is 0 Å². The smallest absolute Gasteiger partial charge is 0.213 e. The van der Waals surface area contributed by atoms with Crippen molar-refractivity contribution >= 4 is 33.4 Å². The first-order valence-electron chi connectivity index (χ1n) is 5.12. The number of rotatable bonds is 5. The largest absolute Gasteiger partial charge is 0.225 e. The zero-order valence-electron chi connectivity index (χ0n) is 8.96. The van der Waals surface area contributed by atoms with Crippen molar-refractivity contribution in [1.82, 2.24) is 4.72 Å². The molecule has 0 aromatic heterocycles. The number of halogens is 1. The van der Waals surface area contributed by atoms with Crippen LogP contribution in [0.1, 0.15) is 32.1 Å². The Kier molecular flexibility index (Phi) is 5.22. The average Bonchev–Trinajstić information content (AvgIpc) is 2.28. The highest BCUT2D eigenvalue weighted by Gasteiger charge is 2.32. The van der Waals surface area contributed by atoms with Crippen LogP contribution in [0.3, 0.4) is 0 Å². The van der Waals surface area contributed by atoms with E-state index in [0.717, 1.165) is 12.8 Å². The summed E-state index contributed by atoms with van der Waals surface area (Å²) < 4.78 is 25.2. The Morgan fingerprint density at radius 1 is 1.33 bits per heavy atom. The molecule has 90 valence electrons. The SMILES string of the molecule is CSC1(CNS(=O)(=O)CCl)CCCCC1. The number of sulfonamides is 1. The lowest BCUT2D eigenvalue weighted by molar-refractivity contribution is 0.395. The quantitative estimate of drug-likeness (QED) is 0.780. The molecular weight excluding hydrogens is 254 g/mol. The summed E-state index contributed by atoms with van der Waals surface area (Å²) >= 11 is 7.12. The van der Waals surface area contributed by atoms with Crippen molar-refractivity contribution < 1.29 is 8.42 Å². The first-order valence-corrected chi connectivity index (χ1v) is 8.53. The van der Waals surface area contributed by atoms with E-state index in [4.69, 9.17) is 11.6 Å². The van der Waals surface area contributed by atoms with E-state index in [-0.39, 0.29) is 9.96 Å². The fourth-order valence-electron chi connectivity index (χ4n) is 1.93. The van der Waals surface area contributed by atoms with Crippen molar-refractivity contribution in [1.29, 1.82) is 0 Å². The Balaban J connectivity index is 2.53. The van der Waals surface area contributed by atoms with Crippen molar-refractivity contribution in [2.24, 2.45) is 0 Å². The van der Waals surface area contributed by atoms with Gasteiger partial charge in [-0.1, -0.05) is 19.3 Å². The van der Waals surface area contributed by atoms with E-state index in [1.54, 1.807) is 11.8 Å². The van der Waals surface area contributed by atoms with Crippen molar-refractivity contribution in [3.63, 3.8) is 0 Å². The lowest BCUT2D eigenvalue weighted by Crippen LogP contribution is -2.42. The number of thioether (sulfide) groups is 1. The number of nitrogens with one attached hydrogen (secondary N) is 1. The molecule has 0 aliphatic heterocycles. The third-order valence-corrected chi connectivity index (χ3v) is 6.11.